The van der Waals surface area contributed by atoms with Gasteiger partial charge in [0.15, 0.2) is 0 Å². The zero-order chi connectivity index (χ0) is 18.8. The molecule has 0 saturated heterocycles. The first-order valence-corrected chi connectivity index (χ1v) is 9.27. The lowest BCUT2D eigenvalue weighted by Crippen LogP contribution is -2.05. The van der Waals surface area contributed by atoms with Crippen LogP contribution in [0.1, 0.15) is 25.0 Å². The van der Waals surface area contributed by atoms with E-state index in [1.165, 1.54) is 24.8 Å². The van der Waals surface area contributed by atoms with Gasteiger partial charge in [-0.25, -0.2) is 4.98 Å². The SMILES string of the molecule is CNC.Clc1ccc(COc2cc(NCC=C3CCC3)ncc2Cl)nc1. The predicted octanol–water partition coefficient (Wildman–Crippen LogP) is 4.72. The minimum absolute atomic E-state index is 0.324. The number of ether oxygens (including phenoxy) is 1. The number of hydrogen-bond acceptors (Lipinski definition) is 5. The standard InChI is InChI=1S/C17H17Cl2N3O.C2H7N/c18-13-4-5-14(21-9-13)11-23-16-8-17(22-10-15(16)19)20-7-6-12-2-1-3-12;1-3-2/h4-6,8-10H,1-3,7,11H2,(H,20,22);3H,1-2H3. The summed E-state index contributed by atoms with van der Waals surface area (Å²) in [5.74, 6) is 1.32. The summed E-state index contributed by atoms with van der Waals surface area (Å²) in [6, 6.07) is 5.40. The first-order valence-electron chi connectivity index (χ1n) is 8.51. The molecule has 1 fully saturated rings. The Morgan fingerprint density at radius 3 is 2.54 bits per heavy atom. The van der Waals surface area contributed by atoms with Crippen LogP contribution in [0.3, 0.4) is 0 Å². The van der Waals surface area contributed by atoms with Gasteiger partial charge >= 0.3 is 0 Å². The molecule has 2 N–H and O–H groups in total. The summed E-state index contributed by atoms with van der Waals surface area (Å²) >= 11 is 11.9. The largest absolute Gasteiger partial charge is 0.486 e. The molecule has 0 atom stereocenters. The van der Waals surface area contributed by atoms with Gasteiger partial charge in [0.2, 0.25) is 0 Å². The van der Waals surface area contributed by atoms with Gasteiger partial charge in [-0.2, -0.15) is 0 Å². The van der Waals surface area contributed by atoms with Crippen molar-refractivity contribution in [1.82, 2.24) is 15.3 Å². The molecule has 0 radical (unpaired) electrons. The van der Waals surface area contributed by atoms with Gasteiger partial charge in [-0.05, 0) is 45.5 Å². The van der Waals surface area contributed by atoms with E-state index in [-0.39, 0.29) is 0 Å². The number of rotatable bonds is 6. The number of nitrogens with zero attached hydrogens (tertiary/aromatic N) is 2. The van der Waals surface area contributed by atoms with Crippen molar-refractivity contribution in [3.63, 3.8) is 0 Å². The monoisotopic (exact) mass is 394 g/mol. The molecule has 2 heterocycles. The minimum atomic E-state index is 0.324. The van der Waals surface area contributed by atoms with Gasteiger partial charge in [-0.3, -0.25) is 4.98 Å². The summed E-state index contributed by atoms with van der Waals surface area (Å²) in [6.07, 6.45) is 9.15. The molecule has 26 heavy (non-hydrogen) atoms. The molecule has 0 aliphatic heterocycles. The number of allylic oxidation sites excluding steroid dienone is 1. The zero-order valence-electron chi connectivity index (χ0n) is 15.1. The maximum Gasteiger partial charge on any atom is 0.143 e. The molecule has 2 aromatic rings. The van der Waals surface area contributed by atoms with Crippen molar-refractivity contribution in [2.45, 2.75) is 25.9 Å². The fourth-order valence-electron chi connectivity index (χ4n) is 2.16. The molecule has 140 valence electrons. The average Bonchev–Trinajstić information content (AvgIpc) is 2.59. The van der Waals surface area contributed by atoms with E-state index in [1.54, 1.807) is 24.5 Å². The lowest BCUT2D eigenvalue weighted by molar-refractivity contribution is 0.301. The predicted molar refractivity (Wildman–Crippen MR) is 108 cm³/mol. The van der Waals surface area contributed by atoms with Crippen LogP contribution in [-0.4, -0.2) is 30.6 Å². The van der Waals surface area contributed by atoms with Crippen LogP contribution in [0.2, 0.25) is 10.0 Å². The molecule has 0 bridgehead atoms. The summed E-state index contributed by atoms with van der Waals surface area (Å²) < 4.78 is 5.73. The van der Waals surface area contributed by atoms with Crippen LogP contribution in [-0.2, 0) is 6.61 Å². The third kappa shape index (κ3) is 6.83. The molecule has 1 saturated carbocycles. The highest BCUT2D eigenvalue weighted by molar-refractivity contribution is 6.32. The average molecular weight is 395 g/mol. The van der Waals surface area contributed by atoms with Crippen LogP contribution in [0.4, 0.5) is 5.82 Å². The number of halogens is 2. The molecule has 5 nitrogen and oxygen atoms in total. The lowest BCUT2D eigenvalue weighted by Gasteiger charge is -2.16. The minimum Gasteiger partial charge on any atom is -0.486 e. The van der Waals surface area contributed by atoms with Crippen LogP contribution >= 0.6 is 23.2 Å². The van der Waals surface area contributed by atoms with Crippen molar-refractivity contribution in [2.75, 3.05) is 26.0 Å². The molecule has 1 aliphatic carbocycles. The summed E-state index contributed by atoms with van der Waals surface area (Å²) in [6.45, 7) is 1.09. The zero-order valence-corrected chi connectivity index (χ0v) is 16.6. The number of nitrogens with one attached hydrogen (secondary N) is 2. The van der Waals surface area contributed by atoms with E-state index in [0.29, 0.717) is 22.4 Å². The van der Waals surface area contributed by atoms with Gasteiger partial charge in [0.25, 0.3) is 0 Å². The van der Waals surface area contributed by atoms with Crippen molar-refractivity contribution in [1.29, 1.82) is 0 Å². The Labute approximate surface area is 164 Å². The van der Waals surface area contributed by atoms with E-state index in [2.05, 4.69) is 26.7 Å². The highest BCUT2D eigenvalue weighted by Crippen LogP contribution is 2.27. The second-order valence-electron chi connectivity index (χ2n) is 5.85. The lowest BCUT2D eigenvalue weighted by atomic mass is 9.92. The van der Waals surface area contributed by atoms with Gasteiger partial charge in [0.05, 0.1) is 16.9 Å². The molecular weight excluding hydrogens is 371 g/mol. The first-order chi connectivity index (χ1) is 12.6. The Morgan fingerprint density at radius 1 is 1.15 bits per heavy atom. The quantitative estimate of drug-likeness (QED) is 0.693. The summed E-state index contributed by atoms with van der Waals surface area (Å²) in [5.41, 5.74) is 2.29. The van der Waals surface area contributed by atoms with E-state index in [9.17, 15) is 0 Å². The Hall–Kier alpha value is -1.82. The maximum absolute atomic E-state index is 6.14. The van der Waals surface area contributed by atoms with E-state index >= 15 is 0 Å². The molecule has 7 heteroatoms. The van der Waals surface area contributed by atoms with Crippen LogP contribution in [0.5, 0.6) is 5.75 Å². The summed E-state index contributed by atoms with van der Waals surface area (Å²) in [4.78, 5) is 8.45. The number of pyridine rings is 2. The normalized spacial score (nSPS) is 12.5. The molecular formula is C19H24Cl2N4O. The summed E-state index contributed by atoms with van der Waals surface area (Å²) in [5, 5.41) is 7.08. The molecule has 0 spiro atoms. The van der Waals surface area contributed by atoms with E-state index < -0.39 is 0 Å². The smallest absolute Gasteiger partial charge is 0.143 e. The van der Waals surface area contributed by atoms with Crippen molar-refractivity contribution < 1.29 is 4.74 Å². The second kappa shape index (κ2) is 11.0. The molecule has 0 amide bonds. The fraction of sp³-hybridized carbons (Fsp3) is 0.368. The van der Waals surface area contributed by atoms with Crippen LogP contribution in [0, 0.1) is 0 Å². The van der Waals surface area contributed by atoms with Gasteiger partial charge in [-0.1, -0.05) is 34.9 Å². The Morgan fingerprint density at radius 2 is 1.92 bits per heavy atom. The Kier molecular flexibility index (Phi) is 8.68. The number of aromatic nitrogens is 2. The highest BCUT2D eigenvalue weighted by atomic mass is 35.5. The van der Waals surface area contributed by atoms with E-state index in [0.717, 1.165) is 18.1 Å². The number of anilines is 1. The molecule has 2 aromatic heterocycles. The molecule has 0 aromatic carbocycles. The Bertz CT molecular complexity index is 714. The highest BCUT2D eigenvalue weighted by Gasteiger charge is 2.08. The van der Waals surface area contributed by atoms with Crippen LogP contribution in [0.25, 0.3) is 0 Å². The van der Waals surface area contributed by atoms with Crippen LogP contribution in [0.15, 0.2) is 42.2 Å². The van der Waals surface area contributed by atoms with E-state index in [1.807, 2.05) is 20.2 Å². The molecule has 1 aliphatic rings. The van der Waals surface area contributed by atoms with Crippen LogP contribution < -0.4 is 15.4 Å². The molecule has 3 rings (SSSR count). The van der Waals surface area contributed by atoms with E-state index in [4.69, 9.17) is 27.9 Å². The van der Waals surface area contributed by atoms with Gasteiger partial charge < -0.3 is 15.4 Å². The topological polar surface area (TPSA) is 59.1 Å². The fourth-order valence-corrected chi connectivity index (χ4v) is 2.43. The molecule has 0 unspecified atom stereocenters. The van der Waals surface area contributed by atoms with Gasteiger partial charge in [0.1, 0.15) is 23.2 Å². The van der Waals surface area contributed by atoms with Crippen molar-refractivity contribution in [3.8, 4) is 5.75 Å². The van der Waals surface area contributed by atoms with Crippen molar-refractivity contribution in [3.05, 3.63) is 58.0 Å². The van der Waals surface area contributed by atoms with Gasteiger partial charge in [-0.15, -0.1) is 0 Å². The first kappa shape index (κ1) is 20.5. The van der Waals surface area contributed by atoms with Gasteiger partial charge in [0, 0.05) is 18.8 Å². The second-order valence-corrected chi connectivity index (χ2v) is 6.70. The van der Waals surface area contributed by atoms with Crippen molar-refractivity contribution in [2.24, 2.45) is 0 Å². The number of hydrogen-bond donors (Lipinski definition) is 2. The van der Waals surface area contributed by atoms with Crippen molar-refractivity contribution >= 4 is 29.0 Å². The third-order valence-electron chi connectivity index (χ3n) is 3.65. The summed E-state index contributed by atoms with van der Waals surface area (Å²) in [7, 11) is 3.75. The Balaban J connectivity index is 0.000000758. The third-order valence-corrected chi connectivity index (χ3v) is 4.16. The maximum atomic E-state index is 6.14.